The predicted molar refractivity (Wildman–Crippen MR) is 195 cm³/mol. The van der Waals surface area contributed by atoms with Crippen LogP contribution in [0.2, 0.25) is 0 Å². The van der Waals surface area contributed by atoms with Gasteiger partial charge < -0.3 is 4.74 Å². The normalized spacial score (nSPS) is 21.5. The van der Waals surface area contributed by atoms with Crippen LogP contribution >= 0.6 is 0 Å². The Bertz CT molecular complexity index is 1430. The second-order valence-electron chi connectivity index (χ2n) is 14.6. The van der Waals surface area contributed by atoms with Gasteiger partial charge in [0.15, 0.2) is 11.6 Å². The van der Waals surface area contributed by atoms with E-state index < -0.39 is 11.6 Å². The van der Waals surface area contributed by atoms with Gasteiger partial charge in [0.2, 0.25) is 5.82 Å². The van der Waals surface area contributed by atoms with Crippen molar-refractivity contribution in [3.05, 3.63) is 89.8 Å². The van der Waals surface area contributed by atoms with Crippen molar-refractivity contribution in [1.82, 2.24) is 0 Å². The first kappa shape index (κ1) is 36.3. The Morgan fingerprint density at radius 2 is 1.27 bits per heavy atom. The second kappa shape index (κ2) is 18.7. The maximum Gasteiger partial charge on any atom is 0.201 e. The highest BCUT2D eigenvalue weighted by Gasteiger charge is 2.31. The molecule has 0 amide bonds. The molecule has 3 aromatic carbocycles. The number of benzene rings is 3. The molecule has 2 saturated carbocycles. The van der Waals surface area contributed by atoms with E-state index in [0.717, 1.165) is 61.0 Å². The Morgan fingerprint density at radius 1 is 0.667 bits per heavy atom. The van der Waals surface area contributed by atoms with Crippen LogP contribution in [-0.4, -0.2) is 6.61 Å². The molecule has 2 fully saturated rings. The SMILES string of the molecule is C/C=C/CCC1CCC(C2CCC(c3ccc(-c4ccc(-c5ccc(OCCCCCCCCC)c(F)c5F)cc4)c(F)c3)CC2)CC1. The van der Waals surface area contributed by atoms with Crippen molar-refractivity contribution in [2.45, 2.75) is 129 Å². The van der Waals surface area contributed by atoms with E-state index in [-0.39, 0.29) is 17.1 Å². The lowest BCUT2D eigenvalue weighted by molar-refractivity contribution is 0.157. The fourth-order valence-electron chi connectivity index (χ4n) is 8.33. The highest BCUT2D eigenvalue weighted by atomic mass is 19.2. The minimum absolute atomic E-state index is 0.0483. The molecule has 0 aromatic heterocycles. The molecule has 3 aromatic rings. The molecule has 0 unspecified atom stereocenters. The molecule has 48 heavy (non-hydrogen) atoms. The maximum atomic E-state index is 15.5. The Morgan fingerprint density at radius 3 is 1.92 bits per heavy atom. The summed E-state index contributed by atoms with van der Waals surface area (Å²) in [7, 11) is 0. The van der Waals surface area contributed by atoms with Crippen LogP contribution < -0.4 is 4.74 Å². The molecule has 0 bridgehead atoms. The van der Waals surface area contributed by atoms with E-state index >= 15 is 8.78 Å². The molecule has 2 aliphatic carbocycles. The number of rotatable bonds is 16. The molecule has 5 rings (SSSR count). The van der Waals surface area contributed by atoms with Gasteiger partial charge in [0, 0.05) is 11.1 Å². The zero-order valence-electron chi connectivity index (χ0n) is 29.4. The first-order valence-electron chi connectivity index (χ1n) is 19.1. The molecule has 0 aliphatic heterocycles. The summed E-state index contributed by atoms with van der Waals surface area (Å²) < 4.78 is 51.0. The van der Waals surface area contributed by atoms with E-state index in [1.54, 1.807) is 36.4 Å². The van der Waals surface area contributed by atoms with Crippen molar-refractivity contribution in [3.8, 4) is 28.0 Å². The van der Waals surface area contributed by atoms with Gasteiger partial charge >= 0.3 is 0 Å². The third-order valence-corrected chi connectivity index (χ3v) is 11.3. The second-order valence-corrected chi connectivity index (χ2v) is 14.6. The standard InChI is InChI=1S/C44H57F3O/c1-3-5-7-8-9-10-12-30-48-42-29-28-40(43(46)44(42)47)37-24-22-36(23-25-37)39-27-26-38(31-41(39)45)35-20-18-34(19-21-35)33-16-14-32(15-17-33)13-11-6-4-2/h4,6,22-29,31-35H,3,5,7-21,30H2,1-2H3/b6-4+. The lowest BCUT2D eigenvalue weighted by atomic mass is 9.68. The van der Waals surface area contributed by atoms with Crippen molar-refractivity contribution < 1.29 is 17.9 Å². The molecule has 1 nitrogen and oxygen atoms in total. The molecule has 260 valence electrons. The van der Waals surface area contributed by atoms with Crippen molar-refractivity contribution >= 4 is 0 Å². The number of hydrogen-bond donors (Lipinski definition) is 0. The molecular formula is C44H57F3O. The Balaban J connectivity index is 1.11. The summed E-state index contributed by atoms with van der Waals surface area (Å²) in [6.45, 7) is 4.69. The number of hydrogen-bond acceptors (Lipinski definition) is 1. The van der Waals surface area contributed by atoms with Crippen molar-refractivity contribution in [3.63, 3.8) is 0 Å². The van der Waals surface area contributed by atoms with E-state index in [1.165, 1.54) is 83.1 Å². The van der Waals surface area contributed by atoms with Crippen molar-refractivity contribution in [2.24, 2.45) is 17.8 Å². The van der Waals surface area contributed by atoms with Crippen LogP contribution in [0.15, 0.2) is 66.7 Å². The third kappa shape index (κ3) is 9.79. The van der Waals surface area contributed by atoms with Gasteiger partial charge in [-0.25, -0.2) is 8.78 Å². The number of unbranched alkanes of at least 4 members (excludes halogenated alkanes) is 6. The third-order valence-electron chi connectivity index (χ3n) is 11.3. The van der Waals surface area contributed by atoms with Gasteiger partial charge in [-0.2, -0.15) is 4.39 Å². The van der Waals surface area contributed by atoms with E-state index in [1.807, 2.05) is 6.07 Å². The molecule has 4 heteroatoms. The summed E-state index contributed by atoms with van der Waals surface area (Å²) in [5, 5.41) is 0. The molecule has 0 heterocycles. The summed E-state index contributed by atoms with van der Waals surface area (Å²) in [5.41, 5.74) is 3.08. The van der Waals surface area contributed by atoms with E-state index in [9.17, 15) is 4.39 Å². The van der Waals surface area contributed by atoms with Gasteiger partial charge in [-0.3, -0.25) is 0 Å². The molecule has 2 aliphatic rings. The summed E-state index contributed by atoms with van der Waals surface area (Å²) in [5.74, 6) is 0.887. The van der Waals surface area contributed by atoms with Gasteiger partial charge in [0.05, 0.1) is 6.61 Å². The van der Waals surface area contributed by atoms with Crippen LogP contribution in [0.3, 0.4) is 0 Å². The van der Waals surface area contributed by atoms with Gasteiger partial charge in [-0.05, 0) is 123 Å². The lowest BCUT2D eigenvalue weighted by Crippen LogP contribution is -2.25. The largest absolute Gasteiger partial charge is 0.490 e. The lowest BCUT2D eigenvalue weighted by Gasteiger charge is -2.38. The fourth-order valence-corrected chi connectivity index (χ4v) is 8.33. The Hall–Kier alpha value is -3.01. The minimum atomic E-state index is -0.960. The average Bonchev–Trinajstić information content (AvgIpc) is 3.12. The summed E-state index contributed by atoms with van der Waals surface area (Å²) in [6.07, 6.45) is 25.3. The Kier molecular flexibility index (Phi) is 14.1. The monoisotopic (exact) mass is 658 g/mol. The first-order chi connectivity index (χ1) is 23.5. The average molecular weight is 659 g/mol. The highest BCUT2D eigenvalue weighted by molar-refractivity contribution is 5.71. The fraction of sp³-hybridized carbons (Fsp3) is 0.545. The topological polar surface area (TPSA) is 9.23 Å². The maximum absolute atomic E-state index is 15.5. The van der Waals surface area contributed by atoms with Crippen molar-refractivity contribution in [2.75, 3.05) is 6.61 Å². The van der Waals surface area contributed by atoms with Crippen molar-refractivity contribution in [1.29, 1.82) is 0 Å². The molecule has 0 atom stereocenters. The summed E-state index contributed by atoms with van der Waals surface area (Å²) in [4.78, 5) is 0. The minimum Gasteiger partial charge on any atom is -0.490 e. The zero-order chi connectivity index (χ0) is 33.7. The molecule has 0 N–H and O–H groups in total. The van der Waals surface area contributed by atoms with Gasteiger partial charge in [0.1, 0.15) is 5.82 Å². The number of halogens is 3. The summed E-state index contributed by atoms with van der Waals surface area (Å²) >= 11 is 0. The first-order valence-corrected chi connectivity index (χ1v) is 19.1. The number of allylic oxidation sites excluding steroid dienone is 2. The zero-order valence-corrected chi connectivity index (χ0v) is 29.4. The van der Waals surface area contributed by atoms with Crippen LogP contribution in [0, 0.1) is 35.2 Å². The number of ether oxygens (including phenoxy) is 1. The molecular weight excluding hydrogens is 601 g/mol. The molecule has 0 radical (unpaired) electrons. The molecule has 0 saturated heterocycles. The van der Waals surface area contributed by atoms with E-state index in [0.29, 0.717) is 23.7 Å². The molecule has 0 spiro atoms. The highest BCUT2D eigenvalue weighted by Crippen LogP contribution is 2.45. The van der Waals surface area contributed by atoms with E-state index in [4.69, 9.17) is 4.74 Å². The van der Waals surface area contributed by atoms with Crippen LogP contribution in [0.4, 0.5) is 13.2 Å². The van der Waals surface area contributed by atoms with Crippen LogP contribution in [0.1, 0.15) is 134 Å². The van der Waals surface area contributed by atoms with Crippen LogP contribution in [0.25, 0.3) is 22.3 Å². The Labute approximate surface area is 288 Å². The van der Waals surface area contributed by atoms with Gasteiger partial charge in [-0.15, -0.1) is 0 Å². The van der Waals surface area contributed by atoms with Crippen LogP contribution in [-0.2, 0) is 0 Å². The summed E-state index contributed by atoms with van der Waals surface area (Å²) in [6, 6.07) is 15.8. The quantitative estimate of drug-likeness (QED) is 0.110. The smallest absolute Gasteiger partial charge is 0.201 e. The van der Waals surface area contributed by atoms with Gasteiger partial charge in [0.25, 0.3) is 0 Å². The van der Waals surface area contributed by atoms with E-state index in [2.05, 4.69) is 32.1 Å². The predicted octanol–water partition coefficient (Wildman–Crippen LogP) is 14.0. The van der Waals surface area contributed by atoms with Gasteiger partial charge in [-0.1, -0.05) is 107 Å². The van der Waals surface area contributed by atoms with Crippen LogP contribution in [0.5, 0.6) is 5.75 Å².